The van der Waals surface area contributed by atoms with E-state index in [1.807, 2.05) is 0 Å². The summed E-state index contributed by atoms with van der Waals surface area (Å²) < 4.78 is 13.2. The SMILES string of the molecule is O=C(c1ccc2nc[nH]c2c1)N1CCc2c(nc(-c3ccc(F)cc3)[nH]c2=O)C1. The summed E-state index contributed by atoms with van der Waals surface area (Å²) in [5.74, 6) is -0.125. The topological polar surface area (TPSA) is 94.7 Å². The standard InChI is InChI=1S/C21H16FN5O2/c22-14-4-1-12(2-5-14)19-25-18-10-27(8-7-15(18)20(28)26-19)21(29)13-3-6-16-17(9-13)24-11-23-16/h1-6,9,11H,7-8,10H2,(H,23,24)(H,25,26,28). The lowest BCUT2D eigenvalue weighted by Gasteiger charge is -2.28. The molecule has 2 N–H and O–H groups in total. The summed E-state index contributed by atoms with van der Waals surface area (Å²) in [6.07, 6.45) is 2.02. The van der Waals surface area contributed by atoms with Crippen molar-refractivity contribution in [2.45, 2.75) is 13.0 Å². The second-order valence-corrected chi connectivity index (χ2v) is 6.96. The fraction of sp³-hybridized carbons (Fsp3) is 0.143. The fourth-order valence-corrected chi connectivity index (χ4v) is 3.61. The van der Waals surface area contributed by atoms with E-state index in [4.69, 9.17) is 0 Å². The second-order valence-electron chi connectivity index (χ2n) is 6.96. The highest BCUT2D eigenvalue weighted by molar-refractivity contribution is 5.97. The molecule has 0 fully saturated rings. The van der Waals surface area contributed by atoms with Gasteiger partial charge in [-0.15, -0.1) is 0 Å². The number of halogens is 1. The summed E-state index contributed by atoms with van der Waals surface area (Å²) in [4.78, 5) is 41.7. The van der Waals surface area contributed by atoms with Crippen molar-refractivity contribution in [2.75, 3.05) is 6.54 Å². The summed E-state index contributed by atoms with van der Waals surface area (Å²) >= 11 is 0. The minimum Gasteiger partial charge on any atom is -0.345 e. The number of amides is 1. The lowest BCUT2D eigenvalue weighted by Crippen LogP contribution is -2.39. The Bertz CT molecular complexity index is 1290. The molecule has 5 rings (SSSR count). The molecule has 1 aliphatic heterocycles. The number of H-pyrrole nitrogens is 2. The van der Waals surface area contributed by atoms with Crippen LogP contribution in [0.15, 0.2) is 53.6 Å². The van der Waals surface area contributed by atoms with Crippen LogP contribution in [-0.2, 0) is 13.0 Å². The molecule has 0 atom stereocenters. The van der Waals surface area contributed by atoms with Crippen LogP contribution < -0.4 is 5.56 Å². The van der Waals surface area contributed by atoms with Gasteiger partial charge in [-0.1, -0.05) is 0 Å². The van der Waals surface area contributed by atoms with Gasteiger partial charge in [-0.2, -0.15) is 0 Å². The molecule has 144 valence electrons. The van der Waals surface area contributed by atoms with E-state index in [1.165, 1.54) is 12.1 Å². The highest BCUT2D eigenvalue weighted by Gasteiger charge is 2.25. The van der Waals surface area contributed by atoms with Crippen LogP contribution in [0.3, 0.4) is 0 Å². The Morgan fingerprint density at radius 3 is 2.79 bits per heavy atom. The van der Waals surface area contributed by atoms with E-state index in [1.54, 1.807) is 41.6 Å². The lowest BCUT2D eigenvalue weighted by atomic mass is 10.0. The van der Waals surface area contributed by atoms with Crippen molar-refractivity contribution in [3.05, 3.63) is 81.8 Å². The third-order valence-corrected chi connectivity index (χ3v) is 5.15. The van der Waals surface area contributed by atoms with Gasteiger partial charge in [0.2, 0.25) is 0 Å². The summed E-state index contributed by atoms with van der Waals surface area (Å²) in [6, 6.07) is 11.1. The molecule has 2 aromatic heterocycles. The van der Waals surface area contributed by atoms with Gasteiger partial charge in [0.25, 0.3) is 11.5 Å². The number of rotatable bonds is 2. The maximum absolute atomic E-state index is 13.2. The number of hydrogen-bond acceptors (Lipinski definition) is 4. The van der Waals surface area contributed by atoms with Gasteiger partial charge in [0.1, 0.15) is 11.6 Å². The molecule has 8 heteroatoms. The Morgan fingerprint density at radius 2 is 1.97 bits per heavy atom. The quantitative estimate of drug-likeness (QED) is 0.551. The van der Waals surface area contributed by atoms with Gasteiger partial charge in [-0.25, -0.2) is 14.4 Å². The Balaban J connectivity index is 1.47. The number of carbonyl (C=O) groups excluding carboxylic acids is 1. The van der Waals surface area contributed by atoms with Crippen LogP contribution >= 0.6 is 0 Å². The maximum atomic E-state index is 13.2. The van der Waals surface area contributed by atoms with Crippen molar-refractivity contribution in [3.8, 4) is 11.4 Å². The van der Waals surface area contributed by atoms with Gasteiger partial charge >= 0.3 is 0 Å². The van der Waals surface area contributed by atoms with Crippen LogP contribution in [0, 0.1) is 5.82 Å². The second kappa shape index (κ2) is 6.66. The molecule has 4 aromatic rings. The largest absolute Gasteiger partial charge is 0.345 e. The zero-order valence-electron chi connectivity index (χ0n) is 15.3. The van der Waals surface area contributed by atoms with E-state index in [0.29, 0.717) is 41.2 Å². The van der Waals surface area contributed by atoms with Crippen molar-refractivity contribution in [3.63, 3.8) is 0 Å². The molecule has 1 amide bonds. The Kier molecular flexibility index (Phi) is 3.97. The Hall–Kier alpha value is -3.81. The van der Waals surface area contributed by atoms with Crippen LogP contribution in [0.4, 0.5) is 4.39 Å². The zero-order valence-corrected chi connectivity index (χ0v) is 15.3. The van der Waals surface area contributed by atoms with E-state index < -0.39 is 0 Å². The smallest absolute Gasteiger partial charge is 0.254 e. The van der Waals surface area contributed by atoms with Gasteiger partial charge in [0.05, 0.1) is 29.6 Å². The summed E-state index contributed by atoms with van der Waals surface area (Å²) in [5.41, 5.74) is 3.68. The van der Waals surface area contributed by atoms with Crippen LogP contribution in [0.25, 0.3) is 22.4 Å². The number of nitrogens with one attached hydrogen (secondary N) is 2. The van der Waals surface area contributed by atoms with Crippen LogP contribution in [0.1, 0.15) is 21.6 Å². The summed E-state index contributed by atoms with van der Waals surface area (Å²) in [5, 5.41) is 0. The molecular weight excluding hydrogens is 373 g/mol. The molecule has 0 radical (unpaired) electrons. The molecular formula is C21H16FN5O2. The van der Waals surface area contributed by atoms with Crippen molar-refractivity contribution >= 4 is 16.9 Å². The predicted octanol–water partition coefficient (Wildman–Crippen LogP) is 2.65. The van der Waals surface area contributed by atoms with E-state index >= 15 is 0 Å². The molecule has 0 bridgehead atoms. The molecule has 2 aromatic carbocycles. The lowest BCUT2D eigenvalue weighted by molar-refractivity contribution is 0.0731. The van der Waals surface area contributed by atoms with Crippen molar-refractivity contribution in [1.82, 2.24) is 24.8 Å². The number of aromatic amines is 2. The van der Waals surface area contributed by atoms with E-state index in [9.17, 15) is 14.0 Å². The Morgan fingerprint density at radius 1 is 1.14 bits per heavy atom. The van der Waals surface area contributed by atoms with Crippen LogP contribution in [-0.4, -0.2) is 37.3 Å². The highest BCUT2D eigenvalue weighted by atomic mass is 19.1. The minimum atomic E-state index is -0.361. The van der Waals surface area contributed by atoms with Crippen molar-refractivity contribution in [1.29, 1.82) is 0 Å². The monoisotopic (exact) mass is 389 g/mol. The fourth-order valence-electron chi connectivity index (χ4n) is 3.61. The molecule has 7 nitrogen and oxygen atoms in total. The number of carbonyl (C=O) groups is 1. The van der Waals surface area contributed by atoms with Gasteiger partial charge in [0.15, 0.2) is 0 Å². The average Bonchev–Trinajstić information content (AvgIpc) is 3.21. The number of fused-ring (bicyclic) bond motifs is 2. The number of nitrogens with zero attached hydrogens (tertiary/aromatic N) is 3. The molecule has 0 saturated heterocycles. The van der Waals surface area contributed by atoms with E-state index in [-0.39, 0.29) is 23.8 Å². The van der Waals surface area contributed by atoms with Gasteiger partial charge in [-0.3, -0.25) is 9.59 Å². The van der Waals surface area contributed by atoms with Gasteiger partial charge in [0, 0.05) is 23.2 Å². The molecule has 3 heterocycles. The third-order valence-electron chi connectivity index (χ3n) is 5.15. The summed E-state index contributed by atoms with van der Waals surface area (Å²) in [6.45, 7) is 0.681. The number of imidazole rings is 1. The maximum Gasteiger partial charge on any atom is 0.254 e. The predicted molar refractivity (Wildman–Crippen MR) is 105 cm³/mol. The molecule has 1 aliphatic rings. The molecule has 0 saturated carbocycles. The minimum absolute atomic E-state index is 0.127. The van der Waals surface area contributed by atoms with E-state index in [0.717, 1.165) is 11.0 Å². The molecule has 29 heavy (non-hydrogen) atoms. The number of benzene rings is 2. The first kappa shape index (κ1) is 17.3. The number of aromatic nitrogens is 4. The van der Waals surface area contributed by atoms with Crippen LogP contribution in [0.5, 0.6) is 0 Å². The summed E-state index contributed by atoms with van der Waals surface area (Å²) in [7, 11) is 0. The third kappa shape index (κ3) is 3.08. The van der Waals surface area contributed by atoms with E-state index in [2.05, 4.69) is 19.9 Å². The highest BCUT2D eigenvalue weighted by Crippen LogP contribution is 2.21. The number of hydrogen-bond donors (Lipinski definition) is 2. The average molecular weight is 389 g/mol. The Labute approximate surface area is 164 Å². The van der Waals surface area contributed by atoms with Crippen molar-refractivity contribution < 1.29 is 9.18 Å². The first-order valence-electron chi connectivity index (χ1n) is 9.19. The van der Waals surface area contributed by atoms with Gasteiger partial charge in [-0.05, 0) is 48.9 Å². The first-order valence-corrected chi connectivity index (χ1v) is 9.19. The van der Waals surface area contributed by atoms with Crippen molar-refractivity contribution in [2.24, 2.45) is 0 Å². The van der Waals surface area contributed by atoms with Crippen LogP contribution in [0.2, 0.25) is 0 Å². The molecule has 0 unspecified atom stereocenters. The normalized spacial score (nSPS) is 13.5. The zero-order chi connectivity index (χ0) is 20.0. The first-order chi connectivity index (χ1) is 14.1. The molecule has 0 aliphatic carbocycles. The van der Waals surface area contributed by atoms with Gasteiger partial charge < -0.3 is 14.9 Å². The molecule has 0 spiro atoms.